The van der Waals surface area contributed by atoms with Gasteiger partial charge >= 0.3 is 5.69 Å². The molecule has 1 aliphatic rings. The molecule has 0 aliphatic heterocycles. The molecule has 0 radical (unpaired) electrons. The van der Waals surface area contributed by atoms with Crippen molar-refractivity contribution in [3.05, 3.63) is 38.1 Å². The largest absolute Gasteiger partial charge is 0.310 e. The molecule has 100 valence electrons. The van der Waals surface area contributed by atoms with E-state index in [-0.39, 0.29) is 10.6 Å². The molecule has 1 aliphatic carbocycles. The molecule has 1 saturated carbocycles. The van der Waals surface area contributed by atoms with Crippen LogP contribution in [0.15, 0.2) is 11.7 Å². The van der Waals surface area contributed by atoms with Crippen molar-refractivity contribution in [2.45, 2.75) is 38.6 Å². The first-order chi connectivity index (χ1) is 9.15. The Labute approximate surface area is 114 Å². The first-order valence-corrected chi connectivity index (χ1v) is 7.14. The highest BCUT2D eigenvalue weighted by Gasteiger charge is 2.34. The van der Waals surface area contributed by atoms with Crippen molar-refractivity contribution < 1.29 is 4.92 Å². The fourth-order valence-electron chi connectivity index (χ4n) is 2.11. The van der Waals surface area contributed by atoms with Crippen LogP contribution in [0.5, 0.6) is 0 Å². The zero-order valence-electron chi connectivity index (χ0n) is 10.6. The van der Waals surface area contributed by atoms with Crippen LogP contribution in [0, 0.1) is 17.0 Å². The number of nitrogens with zero attached hydrogens (tertiary/aromatic N) is 4. The highest BCUT2D eigenvalue weighted by atomic mass is 32.1. The number of aromatic nitrogens is 3. The lowest BCUT2D eigenvalue weighted by atomic mass is 10.3. The Morgan fingerprint density at radius 1 is 1.58 bits per heavy atom. The summed E-state index contributed by atoms with van der Waals surface area (Å²) < 4.78 is 1.70. The molecule has 7 heteroatoms. The first-order valence-electron chi connectivity index (χ1n) is 6.26. The van der Waals surface area contributed by atoms with E-state index in [0.29, 0.717) is 18.2 Å². The van der Waals surface area contributed by atoms with Crippen molar-refractivity contribution in [3.8, 4) is 0 Å². The predicted molar refractivity (Wildman–Crippen MR) is 71.4 cm³/mol. The lowest BCUT2D eigenvalue weighted by Crippen LogP contribution is -2.02. The van der Waals surface area contributed by atoms with Gasteiger partial charge in [0.25, 0.3) is 0 Å². The fraction of sp³-hybridized carbons (Fsp3) is 0.500. The van der Waals surface area contributed by atoms with Gasteiger partial charge in [-0.05, 0) is 19.8 Å². The summed E-state index contributed by atoms with van der Waals surface area (Å²) in [7, 11) is 0. The SMILES string of the molecule is Cc1ncsc1CCn1cc([N+](=O)[O-])c(C2CC2)n1. The molecule has 0 bridgehead atoms. The fourth-order valence-corrected chi connectivity index (χ4v) is 2.88. The van der Waals surface area contributed by atoms with Crippen LogP contribution in [0.25, 0.3) is 0 Å². The van der Waals surface area contributed by atoms with Crippen molar-refractivity contribution in [2.24, 2.45) is 0 Å². The van der Waals surface area contributed by atoms with Gasteiger partial charge in [0.2, 0.25) is 0 Å². The van der Waals surface area contributed by atoms with E-state index >= 15 is 0 Å². The number of aryl methyl sites for hydroxylation is 3. The van der Waals surface area contributed by atoms with E-state index in [2.05, 4.69) is 10.1 Å². The third-order valence-electron chi connectivity index (χ3n) is 3.34. The molecular formula is C12H14N4O2S. The lowest BCUT2D eigenvalue weighted by molar-refractivity contribution is -0.385. The topological polar surface area (TPSA) is 73.8 Å². The third-order valence-corrected chi connectivity index (χ3v) is 4.34. The second-order valence-electron chi connectivity index (χ2n) is 4.80. The minimum atomic E-state index is -0.324. The summed E-state index contributed by atoms with van der Waals surface area (Å²) in [6.45, 7) is 2.64. The monoisotopic (exact) mass is 278 g/mol. The molecule has 3 rings (SSSR count). The average Bonchev–Trinajstić information content (AvgIpc) is 3.00. The van der Waals surface area contributed by atoms with E-state index in [1.807, 2.05) is 12.4 Å². The van der Waals surface area contributed by atoms with Crippen molar-refractivity contribution in [3.63, 3.8) is 0 Å². The van der Waals surface area contributed by atoms with E-state index in [9.17, 15) is 10.1 Å². The molecule has 2 aromatic heterocycles. The summed E-state index contributed by atoms with van der Waals surface area (Å²) in [6, 6.07) is 0. The number of hydrogen-bond donors (Lipinski definition) is 0. The van der Waals surface area contributed by atoms with E-state index in [4.69, 9.17) is 0 Å². The maximum atomic E-state index is 11.0. The molecule has 19 heavy (non-hydrogen) atoms. The zero-order chi connectivity index (χ0) is 13.4. The molecule has 2 heterocycles. The van der Waals surface area contributed by atoms with Gasteiger partial charge in [-0.1, -0.05) is 0 Å². The minimum Gasteiger partial charge on any atom is -0.265 e. The third kappa shape index (κ3) is 2.51. The van der Waals surface area contributed by atoms with E-state index in [1.165, 1.54) is 4.88 Å². The van der Waals surface area contributed by atoms with Gasteiger partial charge < -0.3 is 0 Å². The quantitative estimate of drug-likeness (QED) is 0.622. The molecular weight excluding hydrogens is 264 g/mol. The Hall–Kier alpha value is -1.76. The van der Waals surface area contributed by atoms with Gasteiger partial charge in [-0.3, -0.25) is 14.8 Å². The van der Waals surface area contributed by atoms with Gasteiger partial charge in [-0.25, -0.2) is 4.98 Å². The van der Waals surface area contributed by atoms with Crippen LogP contribution in [-0.2, 0) is 13.0 Å². The molecule has 0 spiro atoms. The van der Waals surface area contributed by atoms with Gasteiger partial charge in [-0.2, -0.15) is 5.10 Å². The van der Waals surface area contributed by atoms with Crippen molar-refractivity contribution in [1.82, 2.24) is 14.8 Å². The summed E-state index contributed by atoms with van der Waals surface area (Å²) in [5.41, 5.74) is 3.69. The Morgan fingerprint density at radius 3 is 2.95 bits per heavy atom. The zero-order valence-corrected chi connectivity index (χ0v) is 11.4. The summed E-state index contributed by atoms with van der Waals surface area (Å²) in [4.78, 5) is 16.1. The lowest BCUT2D eigenvalue weighted by Gasteiger charge is -1.99. The van der Waals surface area contributed by atoms with Crippen molar-refractivity contribution in [2.75, 3.05) is 0 Å². The minimum absolute atomic E-state index is 0.170. The summed E-state index contributed by atoms with van der Waals surface area (Å²) >= 11 is 1.62. The molecule has 2 aromatic rings. The molecule has 0 saturated heterocycles. The number of hydrogen-bond acceptors (Lipinski definition) is 5. The van der Waals surface area contributed by atoms with E-state index in [0.717, 1.165) is 25.0 Å². The second-order valence-corrected chi connectivity index (χ2v) is 5.74. The molecule has 0 unspecified atom stereocenters. The maximum absolute atomic E-state index is 11.0. The Morgan fingerprint density at radius 2 is 2.37 bits per heavy atom. The van der Waals surface area contributed by atoms with E-state index in [1.54, 1.807) is 22.2 Å². The number of thiazole rings is 1. The van der Waals surface area contributed by atoms with Crippen LogP contribution < -0.4 is 0 Å². The van der Waals surface area contributed by atoms with E-state index < -0.39 is 0 Å². The van der Waals surface area contributed by atoms with Crippen LogP contribution in [0.2, 0.25) is 0 Å². The molecule has 0 amide bonds. The average molecular weight is 278 g/mol. The van der Waals surface area contributed by atoms with Gasteiger partial charge in [0.1, 0.15) is 11.9 Å². The maximum Gasteiger partial charge on any atom is 0.310 e. The number of nitro groups is 1. The van der Waals surface area contributed by atoms with Crippen LogP contribution in [0.3, 0.4) is 0 Å². The van der Waals surface area contributed by atoms with Crippen molar-refractivity contribution >= 4 is 17.0 Å². The van der Waals surface area contributed by atoms with Gasteiger partial charge in [0.15, 0.2) is 0 Å². The molecule has 1 fully saturated rings. The van der Waals surface area contributed by atoms with Gasteiger partial charge in [0, 0.05) is 23.8 Å². The predicted octanol–water partition coefficient (Wildman–Crippen LogP) is 2.68. The smallest absolute Gasteiger partial charge is 0.265 e. The van der Waals surface area contributed by atoms with Crippen LogP contribution in [0.1, 0.15) is 35.0 Å². The first kappa shape index (κ1) is 12.3. The summed E-state index contributed by atoms with van der Waals surface area (Å²) in [5, 5.41) is 15.4. The molecule has 0 N–H and O–H groups in total. The second kappa shape index (κ2) is 4.73. The molecule has 0 aromatic carbocycles. The van der Waals surface area contributed by atoms with Crippen LogP contribution >= 0.6 is 11.3 Å². The normalized spacial score (nSPS) is 14.8. The Bertz CT molecular complexity index is 615. The van der Waals surface area contributed by atoms with Crippen LogP contribution in [0.4, 0.5) is 5.69 Å². The Kier molecular flexibility index (Phi) is 3.06. The highest BCUT2D eigenvalue weighted by molar-refractivity contribution is 7.09. The van der Waals surface area contributed by atoms with Gasteiger partial charge in [-0.15, -0.1) is 11.3 Å². The Balaban J connectivity index is 1.76. The standard InChI is InChI=1S/C12H14N4O2S/c1-8-11(19-7-13-8)4-5-15-6-10(16(17)18)12(14-15)9-2-3-9/h6-7,9H,2-5H2,1H3. The van der Waals surface area contributed by atoms with Crippen molar-refractivity contribution in [1.29, 1.82) is 0 Å². The summed E-state index contributed by atoms with van der Waals surface area (Å²) in [6.07, 6.45) is 4.42. The highest BCUT2D eigenvalue weighted by Crippen LogP contribution is 2.43. The van der Waals surface area contributed by atoms with Crippen LogP contribution in [-0.4, -0.2) is 19.7 Å². The molecule has 6 nitrogen and oxygen atoms in total. The summed E-state index contributed by atoms with van der Waals surface area (Å²) in [5.74, 6) is 0.298. The number of rotatable bonds is 5. The van der Waals surface area contributed by atoms with Gasteiger partial charge in [0.05, 0.1) is 16.1 Å². The molecule has 0 atom stereocenters.